The van der Waals surface area contributed by atoms with Gasteiger partial charge in [-0.2, -0.15) is 17.8 Å². The molecule has 0 radical (unpaired) electrons. The Morgan fingerprint density at radius 2 is 2.09 bits per heavy atom. The fraction of sp³-hybridized carbons (Fsp3) is 0. The van der Waals surface area contributed by atoms with Crippen LogP contribution in [-0.4, -0.2) is 18.4 Å². The van der Waals surface area contributed by atoms with Crippen LogP contribution in [-0.2, 0) is 10.2 Å². The average molecular weight is 180 g/mol. The van der Waals surface area contributed by atoms with Crippen molar-refractivity contribution in [2.75, 3.05) is 0 Å². The quantitative estimate of drug-likeness (QED) is 0.353. The van der Waals surface area contributed by atoms with Crippen LogP contribution < -0.4 is 0 Å². The lowest BCUT2D eigenvalue weighted by Crippen LogP contribution is -1.99. The molecule has 0 aromatic carbocycles. The summed E-state index contributed by atoms with van der Waals surface area (Å²) in [6.07, 6.45) is -0.460. The van der Waals surface area contributed by atoms with Gasteiger partial charge in [0.1, 0.15) is 0 Å². The van der Waals surface area contributed by atoms with Crippen molar-refractivity contribution < 1.29 is 16.7 Å². The Morgan fingerprint density at radius 3 is 2.45 bits per heavy atom. The second kappa shape index (κ2) is 2.50. The van der Waals surface area contributed by atoms with Crippen molar-refractivity contribution in [2.45, 2.75) is 5.03 Å². The van der Waals surface area contributed by atoms with Gasteiger partial charge in [-0.15, -0.1) is 0 Å². The zero-order valence-electron chi connectivity index (χ0n) is 5.03. The van der Waals surface area contributed by atoms with Gasteiger partial charge >= 0.3 is 16.3 Å². The van der Waals surface area contributed by atoms with E-state index in [0.29, 0.717) is 0 Å². The second-order valence-electron chi connectivity index (χ2n) is 1.60. The summed E-state index contributed by atoms with van der Waals surface area (Å²) in [6.45, 7) is 0. The van der Waals surface area contributed by atoms with Gasteiger partial charge in [0.15, 0.2) is 5.03 Å². The maximum atomic E-state index is 12.0. The Labute approximate surface area is 61.1 Å². The van der Waals surface area contributed by atoms with E-state index in [-0.39, 0.29) is 0 Å². The predicted octanol–water partition coefficient (Wildman–Crippen LogP) is 0.274. The van der Waals surface area contributed by atoms with Crippen LogP contribution in [0.3, 0.4) is 0 Å². The maximum absolute atomic E-state index is 12.0. The number of nitrogens with zero attached hydrogens (tertiary/aromatic N) is 2. The monoisotopic (exact) mass is 180 g/mol. The Kier molecular flexibility index (Phi) is 1.81. The third kappa shape index (κ3) is 1.90. The average Bonchev–Trinajstić information content (AvgIpc) is 1.86. The van der Waals surface area contributed by atoms with Gasteiger partial charge in [-0.3, -0.25) is 0 Å². The van der Waals surface area contributed by atoms with Crippen LogP contribution in [0.4, 0.5) is 8.28 Å². The van der Waals surface area contributed by atoms with Gasteiger partial charge in [0.05, 0.1) is 0 Å². The molecule has 0 saturated heterocycles. The number of aromatic nitrogens is 2. The Morgan fingerprint density at radius 1 is 1.45 bits per heavy atom. The molecule has 60 valence electrons. The lowest BCUT2D eigenvalue weighted by Gasteiger charge is -1.90. The van der Waals surface area contributed by atoms with E-state index in [1.54, 1.807) is 0 Å². The third-order valence-electron chi connectivity index (χ3n) is 0.850. The van der Waals surface area contributed by atoms with E-state index in [0.717, 1.165) is 12.3 Å². The van der Waals surface area contributed by atoms with Gasteiger partial charge in [-0.1, -0.05) is 3.89 Å². The van der Waals surface area contributed by atoms with E-state index in [9.17, 15) is 16.7 Å². The molecule has 0 aliphatic rings. The van der Waals surface area contributed by atoms with Crippen molar-refractivity contribution in [1.29, 1.82) is 0 Å². The minimum absolute atomic E-state index is 0.762. The summed E-state index contributed by atoms with van der Waals surface area (Å²) in [7, 11) is -4.92. The molecule has 0 aliphatic heterocycles. The van der Waals surface area contributed by atoms with E-state index in [2.05, 4.69) is 9.97 Å². The highest BCUT2D eigenvalue weighted by Gasteiger charge is 2.13. The van der Waals surface area contributed by atoms with Gasteiger partial charge < -0.3 is 0 Å². The first kappa shape index (κ1) is 7.99. The van der Waals surface area contributed by atoms with E-state index >= 15 is 0 Å². The van der Waals surface area contributed by atoms with E-state index in [4.69, 9.17) is 0 Å². The highest BCUT2D eigenvalue weighted by Crippen LogP contribution is 2.06. The summed E-state index contributed by atoms with van der Waals surface area (Å²) in [5.74, 6) is 0. The molecule has 1 aromatic heterocycles. The number of hydrogen-bond acceptors (Lipinski definition) is 4. The molecule has 11 heavy (non-hydrogen) atoms. The maximum Gasteiger partial charge on any atom is 0.349 e. The van der Waals surface area contributed by atoms with E-state index < -0.39 is 21.3 Å². The van der Waals surface area contributed by atoms with Crippen LogP contribution >= 0.6 is 0 Å². The molecule has 7 heteroatoms. The summed E-state index contributed by atoms with van der Waals surface area (Å²) >= 11 is 0. The Balaban J connectivity index is 3.28. The van der Waals surface area contributed by atoms with Gasteiger partial charge in [-0.25, -0.2) is 4.98 Å². The largest absolute Gasteiger partial charge is 0.349 e. The summed E-state index contributed by atoms with van der Waals surface area (Å²) in [5.41, 5.74) is 0. The van der Waals surface area contributed by atoms with Crippen molar-refractivity contribution in [3.63, 3.8) is 0 Å². The fourth-order valence-corrected chi connectivity index (χ4v) is 0.863. The Bertz CT molecular complexity index is 364. The van der Waals surface area contributed by atoms with E-state index in [1.807, 2.05) is 0 Å². The minimum Gasteiger partial charge on any atom is -0.211 e. The first-order chi connectivity index (χ1) is 5.00. The third-order valence-corrected chi connectivity index (χ3v) is 1.58. The molecule has 0 bridgehead atoms. The molecular weight excluding hydrogens is 178 g/mol. The first-order valence-electron chi connectivity index (χ1n) is 2.43. The summed E-state index contributed by atoms with van der Waals surface area (Å²) in [6, 6.07) is 0.762. The zero-order chi connectivity index (χ0) is 8.48. The molecule has 0 spiro atoms. The summed E-state index contributed by atoms with van der Waals surface area (Å²) in [4.78, 5) is 5.65. The van der Waals surface area contributed by atoms with Crippen molar-refractivity contribution in [3.05, 3.63) is 18.3 Å². The predicted molar refractivity (Wildman–Crippen MR) is 30.3 cm³/mol. The van der Waals surface area contributed by atoms with Crippen LogP contribution in [0.2, 0.25) is 0 Å². The Hall–Kier alpha value is -1.11. The zero-order valence-corrected chi connectivity index (χ0v) is 5.85. The minimum atomic E-state index is -4.92. The molecule has 0 fully saturated rings. The van der Waals surface area contributed by atoms with Gasteiger partial charge in [0, 0.05) is 6.20 Å². The van der Waals surface area contributed by atoms with Crippen LogP contribution in [0.15, 0.2) is 17.3 Å². The standard InChI is InChI=1S/C4H2F2N2O2S/c5-4-7-2-1-3(8-4)11(6,9)10/h1-2H. The molecule has 1 rings (SSSR count). The molecule has 0 aliphatic carbocycles. The first-order valence-corrected chi connectivity index (χ1v) is 3.82. The van der Waals surface area contributed by atoms with Gasteiger partial charge in [0.25, 0.3) is 0 Å². The van der Waals surface area contributed by atoms with Crippen LogP contribution in [0, 0.1) is 6.08 Å². The van der Waals surface area contributed by atoms with Crippen molar-refractivity contribution in [1.82, 2.24) is 9.97 Å². The smallest absolute Gasteiger partial charge is 0.211 e. The van der Waals surface area contributed by atoms with Crippen LogP contribution in [0.5, 0.6) is 0 Å². The van der Waals surface area contributed by atoms with Gasteiger partial charge in [-0.05, 0) is 6.07 Å². The molecule has 0 amide bonds. The lowest BCUT2D eigenvalue weighted by atomic mass is 10.7. The summed E-state index contributed by atoms with van der Waals surface area (Å²) < 4.78 is 44.2. The van der Waals surface area contributed by atoms with Crippen LogP contribution in [0.25, 0.3) is 0 Å². The molecule has 1 aromatic rings. The molecule has 0 N–H and O–H groups in total. The molecule has 0 unspecified atom stereocenters. The molecule has 1 heterocycles. The number of rotatable bonds is 1. The van der Waals surface area contributed by atoms with Crippen molar-refractivity contribution in [3.8, 4) is 0 Å². The lowest BCUT2D eigenvalue weighted by molar-refractivity contribution is 0.508. The number of hydrogen-bond donors (Lipinski definition) is 0. The van der Waals surface area contributed by atoms with Crippen LogP contribution in [0.1, 0.15) is 0 Å². The molecular formula is C4H2F2N2O2S. The SMILES string of the molecule is O=S(=O)(F)c1ccnc(F)n1. The van der Waals surface area contributed by atoms with E-state index in [1.165, 1.54) is 0 Å². The normalized spacial score (nSPS) is 11.5. The van der Waals surface area contributed by atoms with Crippen molar-refractivity contribution in [2.24, 2.45) is 0 Å². The summed E-state index contributed by atoms with van der Waals surface area (Å²) in [5, 5.41) is -0.968. The highest BCUT2D eigenvalue weighted by atomic mass is 32.3. The second-order valence-corrected chi connectivity index (χ2v) is 2.90. The molecule has 4 nitrogen and oxygen atoms in total. The number of halogens is 2. The van der Waals surface area contributed by atoms with Crippen molar-refractivity contribution >= 4 is 10.2 Å². The highest BCUT2D eigenvalue weighted by molar-refractivity contribution is 7.86. The fourth-order valence-electron chi connectivity index (χ4n) is 0.455. The topological polar surface area (TPSA) is 59.9 Å². The molecule has 0 saturated carbocycles. The molecule has 0 atom stereocenters. The van der Waals surface area contributed by atoms with Gasteiger partial charge in [0.2, 0.25) is 0 Å².